The number of fused-ring (bicyclic) bond motifs is 1. The van der Waals surface area contributed by atoms with Crippen LogP contribution in [0.5, 0.6) is 5.75 Å². The molecule has 0 radical (unpaired) electrons. The number of nitrogens with zero attached hydrogens (tertiary/aromatic N) is 3. The highest BCUT2D eigenvalue weighted by Gasteiger charge is 2.36. The van der Waals surface area contributed by atoms with E-state index in [4.69, 9.17) is 4.52 Å². The number of hydrogen-bond acceptors (Lipinski definition) is 4. The van der Waals surface area contributed by atoms with Crippen LogP contribution in [-0.4, -0.2) is 42.4 Å². The third-order valence-electron chi connectivity index (χ3n) is 3.73. The van der Waals surface area contributed by atoms with Gasteiger partial charge in [0.1, 0.15) is 0 Å². The van der Waals surface area contributed by atoms with Crippen molar-refractivity contribution >= 4 is 14.1 Å². The molecule has 5 heteroatoms. The maximum Gasteiger partial charge on any atom is 0.280 e. The highest BCUT2D eigenvalue weighted by atomic mass is 31.2. The van der Waals surface area contributed by atoms with Gasteiger partial charge in [-0.3, -0.25) is 9.57 Å². The third-order valence-corrected chi connectivity index (χ3v) is 5.89. The standard InChI is InChI=1S/C15H26N3OP/c1-5-16(6-2)13-18-14-11-9-10-12-15(14)19-20(18)17(7-3)8-4/h9-12H,5-8,13H2,1-4H3. The van der Waals surface area contributed by atoms with Crippen molar-refractivity contribution in [2.24, 2.45) is 0 Å². The topological polar surface area (TPSA) is 19.0 Å². The Balaban J connectivity index is 2.25. The molecular weight excluding hydrogens is 269 g/mol. The molecule has 0 bridgehead atoms. The smallest absolute Gasteiger partial charge is 0.280 e. The maximum absolute atomic E-state index is 6.24. The van der Waals surface area contributed by atoms with Gasteiger partial charge in [0.15, 0.2) is 5.75 Å². The summed E-state index contributed by atoms with van der Waals surface area (Å²) in [6, 6.07) is 8.40. The van der Waals surface area contributed by atoms with Crippen LogP contribution >= 0.6 is 8.45 Å². The Hall–Kier alpha value is -0.830. The third kappa shape index (κ3) is 3.08. The van der Waals surface area contributed by atoms with Gasteiger partial charge in [0.2, 0.25) is 0 Å². The minimum atomic E-state index is -0.718. The average Bonchev–Trinajstić information content (AvgIpc) is 2.84. The van der Waals surface area contributed by atoms with E-state index in [-0.39, 0.29) is 0 Å². The summed E-state index contributed by atoms with van der Waals surface area (Å²) in [6.45, 7) is 13.9. The SMILES string of the molecule is CCN(CC)CN1c2ccccc2OP1N(CC)CC. The minimum absolute atomic E-state index is 0.718. The predicted octanol–water partition coefficient (Wildman–Crippen LogP) is 3.75. The molecule has 0 saturated heterocycles. The van der Waals surface area contributed by atoms with Gasteiger partial charge in [-0.2, -0.15) is 0 Å². The summed E-state index contributed by atoms with van der Waals surface area (Å²) in [4.78, 5) is 2.43. The fourth-order valence-corrected chi connectivity index (χ4v) is 4.37. The largest absolute Gasteiger partial charge is 0.438 e. The molecule has 1 heterocycles. The zero-order valence-electron chi connectivity index (χ0n) is 13.0. The lowest BCUT2D eigenvalue weighted by Crippen LogP contribution is -2.37. The number of benzene rings is 1. The van der Waals surface area contributed by atoms with E-state index in [1.54, 1.807) is 0 Å². The molecule has 1 aliphatic heterocycles. The van der Waals surface area contributed by atoms with Crippen LogP contribution in [0.2, 0.25) is 0 Å². The Morgan fingerprint density at radius 1 is 1.00 bits per heavy atom. The first-order valence-corrected chi connectivity index (χ1v) is 8.73. The van der Waals surface area contributed by atoms with Gasteiger partial charge in [0.25, 0.3) is 8.45 Å². The highest BCUT2D eigenvalue weighted by Crippen LogP contribution is 2.57. The van der Waals surface area contributed by atoms with E-state index in [9.17, 15) is 0 Å². The molecule has 1 aliphatic rings. The van der Waals surface area contributed by atoms with Crippen LogP contribution in [0.25, 0.3) is 0 Å². The Bertz CT molecular complexity index is 421. The first-order valence-electron chi connectivity index (χ1n) is 7.56. The fraction of sp³-hybridized carbons (Fsp3) is 0.600. The molecule has 0 amide bonds. The van der Waals surface area contributed by atoms with Gasteiger partial charge in [-0.1, -0.05) is 39.8 Å². The molecule has 0 aromatic heterocycles. The van der Waals surface area contributed by atoms with E-state index < -0.39 is 8.45 Å². The van der Waals surface area contributed by atoms with Crippen molar-refractivity contribution in [1.29, 1.82) is 0 Å². The Kier molecular flexibility index (Phi) is 5.64. The molecule has 0 aliphatic carbocycles. The van der Waals surface area contributed by atoms with E-state index in [2.05, 4.69) is 66.2 Å². The summed E-state index contributed by atoms with van der Waals surface area (Å²) in [7, 11) is -0.718. The number of hydrogen-bond donors (Lipinski definition) is 0. The van der Waals surface area contributed by atoms with Crippen molar-refractivity contribution in [3.8, 4) is 5.75 Å². The van der Waals surface area contributed by atoms with Crippen LogP contribution in [0.3, 0.4) is 0 Å². The number of para-hydroxylation sites is 2. The van der Waals surface area contributed by atoms with E-state index in [1.165, 1.54) is 5.69 Å². The zero-order valence-corrected chi connectivity index (χ0v) is 13.9. The van der Waals surface area contributed by atoms with Crippen molar-refractivity contribution < 1.29 is 4.52 Å². The zero-order chi connectivity index (χ0) is 14.5. The lowest BCUT2D eigenvalue weighted by molar-refractivity contribution is 0.313. The molecule has 1 aromatic carbocycles. The van der Waals surface area contributed by atoms with E-state index in [0.717, 1.165) is 38.6 Å². The van der Waals surface area contributed by atoms with Gasteiger partial charge in [0.05, 0.1) is 12.4 Å². The molecule has 1 aromatic rings. The summed E-state index contributed by atoms with van der Waals surface area (Å²) in [5.74, 6) is 1.03. The molecule has 1 unspecified atom stereocenters. The first-order chi connectivity index (χ1) is 9.74. The van der Waals surface area contributed by atoms with E-state index >= 15 is 0 Å². The van der Waals surface area contributed by atoms with Crippen LogP contribution in [0.4, 0.5) is 5.69 Å². The van der Waals surface area contributed by atoms with Crippen LogP contribution in [0, 0.1) is 0 Å². The molecule has 4 nitrogen and oxygen atoms in total. The molecule has 0 N–H and O–H groups in total. The highest BCUT2D eigenvalue weighted by molar-refractivity contribution is 7.52. The van der Waals surface area contributed by atoms with Crippen LogP contribution in [0.15, 0.2) is 24.3 Å². The van der Waals surface area contributed by atoms with Crippen LogP contribution in [0.1, 0.15) is 27.7 Å². The van der Waals surface area contributed by atoms with Crippen LogP contribution in [-0.2, 0) is 0 Å². The molecule has 112 valence electrons. The predicted molar refractivity (Wildman–Crippen MR) is 87.2 cm³/mol. The Morgan fingerprint density at radius 2 is 1.65 bits per heavy atom. The molecule has 20 heavy (non-hydrogen) atoms. The first kappa shape index (κ1) is 15.6. The summed E-state index contributed by atoms with van der Waals surface area (Å²) >= 11 is 0. The summed E-state index contributed by atoms with van der Waals surface area (Å²) in [5.41, 5.74) is 1.23. The monoisotopic (exact) mass is 295 g/mol. The lowest BCUT2D eigenvalue weighted by atomic mass is 10.3. The fourth-order valence-electron chi connectivity index (χ4n) is 2.40. The van der Waals surface area contributed by atoms with Gasteiger partial charge in [0, 0.05) is 13.1 Å². The second kappa shape index (κ2) is 7.26. The Morgan fingerprint density at radius 3 is 2.25 bits per heavy atom. The van der Waals surface area contributed by atoms with Crippen molar-refractivity contribution in [1.82, 2.24) is 9.57 Å². The average molecular weight is 295 g/mol. The number of rotatable bonds is 7. The molecule has 0 saturated carbocycles. The summed E-state index contributed by atoms with van der Waals surface area (Å²) in [6.07, 6.45) is 0. The van der Waals surface area contributed by atoms with Crippen molar-refractivity contribution in [3.05, 3.63) is 24.3 Å². The summed E-state index contributed by atoms with van der Waals surface area (Å²) < 4.78 is 11.1. The molecule has 0 fully saturated rings. The molecule has 0 spiro atoms. The summed E-state index contributed by atoms with van der Waals surface area (Å²) in [5, 5.41) is 0. The van der Waals surface area contributed by atoms with Gasteiger partial charge >= 0.3 is 0 Å². The van der Waals surface area contributed by atoms with Gasteiger partial charge in [-0.25, -0.2) is 4.67 Å². The lowest BCUT2D eigenvalue weighted by Gasteiger charge is -2.34. The van der Waals surface area contributed by atoms with Crippen molar-refractivity contribution in [2.75, 3.05) is 37.5 Å². The van der Waals surface area contributed by atoms with Gasteiger partial charge < -0.3 is 4.52 Å². The number of anilines is 1. The van der Waals surface area contributed by atoms with Crippen LogP contribution < -0.4 is 9.19 Å². The molecule has 2 rings (SSSR count). The van der Waals surface area contributed by atoms with E-state index in [1.807, 2.05) is 0 Å². The van der Waals surface area contributed by atoms with Crippen molar-refractivity contribution in [2.45, 2.75) is 27.7 Å². The van der Waals surface area contributed by atoms with Crippen molar-refractivity contribution in [3.63, 3.8) is 0 Å². The van der Waals surface area contributed by atoms with Gasteiger partial charge in [-0.15, -0.1) is 0 Å². The maximum atomic E-state index is 6.24. The quantitative estimate of drug-likeness (QED) is 0.713. The second-order valence-corrected chi connectivity index (χ2v) is 6.53. The van der Waals surface area contributed by atoms with E-state index in [0.29, 0.717) is 0 Å². The molecular formula is C15H26N3OP. The minimum Gasteiger partial charge on any atom is -0.438 e. The second-order valence-electron chi connectivity index (χ2n) is 4.79. The normalized spacial score (nSPS) is 17.7. The Labute approximate surface area is 124 Å². The molecule has 1 atom stereocenters. The van der Waals surface area contributed by atoms with Gasteiger partial charge in [-0.05, 0) is 25.2 Å².